The van der Waals surface area contributed by atoms with E-state index in [4.69, 9.17) is 10.5 Å². The molecule has 1 aromatic heterocycles. The lowest BCUT2D eigenvalue weighted by atomic mass is 10.0. The molecule has 3 aromatic rings. The van der Waals surface area contributed by atoms with E-state index in [0.29, 0.717) is 42.3 Å². The van der Waals surface area contributed by atoms with Crippen molar-refractivity contribution in [2.75, 3.05) is 27.7 Å². The van der Waals surface area contributed by atoms with Gasteiger partial charge in [0.2, 0.25) is 10.0 Å². The maximum Gasteiger partial charge on any atom is 0.265 e. The molecule has 2 heterocycles. The van der Waals surface area contributed by atoms with Gasteiger partial charge in [-0.2, -0.15) is 0 Å². The summed E-state index contributed by atoms with van der Waals surface area (Å²) in [6.45, 7) is 6.38. The molecule has 9 heteroatoms. The van der Waals surface area contributed by atoms with E-state index in [1.165, 1.54) is 4.31 Å². The number of aromatic nitrogens is 1. The highest BCUT2D eigenvalue weighted by Crippen LogP contribution is 2.30. The summed E-state index contributed by atoms with van der Waals surface area (Å²) in [6.07, 6.45) is 2.08. The third-order valence-corrected chi connectivity index (χ3v) is 7.71. The topological polar surface area (TPSA) is 115 Å². The molecule has 180 valence electrons. The Hall–Kier alpha value is -3.33. The van der Waals surface area contributed by atoms with Crippen LogP contribution in [0.4, 0.5) is 17.2 Å². The fraction of sp³-hybridized carbons (Fsp3) is 0.360. The molecule has 0 aliphatic carbocycles. The molecule has 1 aliphatic heterocycles. The summed E-state index contributed by atoms with van der Waals surface area (Å²) in [5.74, 6) is 1.07. The minimum atomic E-state index is -3.27. The number of ether oxygens (including phenoxy) is 1. The van der Waals surface area contributed by atoms with Gasteiger partial charge >= 0.3 is 0 Å². The maximum absolute atomic E-state index is 13.2. The summed E-state index contributed by atoms with van der Waals surface area (Å²) in [5.41, 5.74) is 8.02. The fourth-order valence-corrected chi connectivity index (χ4v) is 5.82. The SMILES string of the molecule is Cc1cc(NC(=O)[C@H](CC(C)C)Oc2ccc3ccnc(N)c3c2)ccc1N1CCCS1(=O)=O. The molecule has 1 fully saturated rings. The van der Waals surface area contributed by atoms with Crippen LogP contribution < -0.4 is 20.1 Å². The van der Waals surface area contributed by atoms with Gasteiger partial charge in [-0.15, -0.1) is 0 Å². The average Bonchev–Trinajstić information content (AvgIpc) is 3.12. The smallest absolute Gasteiger partial charge is 0.265 e. The molecule has 1 amide bonds. The van der Waals surface area contributed by atoms with Crippen LogP contribution in [-0.2, 0) is 14.8 Å². The number of nitrogens with zero attached hydrogens (tertiary/aromatic N) is 2. The molecule has 34 heavy (non-hydrogen) atoms. The van der Waals surface area contributed by atoms with Crippen molar-refractivity contribution in [3.63, 3.8) is 0 Å². The standard InChI is InChI=1S/C25H30N4O4S/c1-16(2)13-23(33-20-7-5-18-9-10-27-24(26)21(18)15-20)25(30)28-19-6-8-22(17(3)14-19)29-11-4-12-34(29,31)32/h5-10,14-16,23H,4,11-13H2,1-3H3,(H2,26,27)(H,28,30)/t23-/m0/s1. The van der Waals surface area contributed by atoms with Crippen molar-refractivity contribution in [3.8, 4) is 5.75 Å². The van der Waals surface area contributed by atoms with Crippen molar-refractivity contribution in [1.82, 2.24) is 4.98 Å². The second-order valence-corrected chi connectivity index (χ2v) is 11.1. The largest absolute Gasteiger partial charge is 0.481 e. The number of anilines is 3. The van der Waals surface area contributed by atoms with Crippen molar-refractivity contribution in [3.05, 3.63) is 54.2 Å². The molecular weight excluding hydrogens is 452 g/mol. The summed E-state index contributed by atoms with van der Waals surface area (Å²) in [4.78, 5) is 17.3. The number of benzene rings is 2. The van der Waals surface area contributed by atoms with E-state index in [1.807, 2.05) is 39.0 Å². The molecule has 4 rings (SSSR count). The monoisotopic (exact) mass is 482 g/mol. The van der Waals surface area contributed by atoms with E-state index in [1.54, 1.807) is 30.5 Å². The zero-order valence-corrected chi connectivity index (χ0v) is 20.4. The van der Waals surface area contributed by atoms with Gasteiger partial charge in [-0.05, 0) is 73.0 Å². The molecule has 0 spiro atoms. The van der Waals surface area contributed by atoms with E-state index in [2.05, 4.69) is 10.3 Å². The quantitative estimate of drug-likeness (QED) is 0.524. The highest BCUT2D eigenvalue weighted by molar-refractivity contribution is 7.93. The van der Waals surface area contributed by atoms with E-state index < -0.39 is 16.1 Å². The lowest BCUT2D eigenvalue weighted by molar-refractivity contribution is -0.123. The Labute approximate surface area is 200 Å². The number of hydrogen-bond donors (Lipinski definition) is 2. The van der Waals surface area contributed by atoms with Crippen molar-refractivity contribution in [1.29, 1.82) is 0 Å². The number of nitrogen functional groups attached to an aromatic ring is 1. The number of carbonyl (C=O) groups is 1. The van der Waals surface area contributed by atoms with E-state index in [9.17, 15) is 13.2 Å². The highest BCUT2D eigenvalue weighted by atomic mass is 32.2. The molecule has 0 unspecified atom stereocenters. The van der Waals surface area contributed by atoms with Crippen molar-refractivity contribution in [2.24, 2.45) is 5.92 Å². The zero-order valence-electron chi connectivity index (χ0n) is 19.6. The van der Waals surface area contributed by atoms with Crippen molar-refractivity contribution < 1.29 is 17.9 Å². The molecule has 2 aromatic carbocycles. The first kappa shape index (κ1) is 23.8. The minimum Gasteiger partial charge on any atom is -0.481 e. The third-order valence-electron chi connectivity index (χ3n) is 5.86. The van der Waals surface area contributed by atoms with Gasteiger partial charge in [0.25, 0.3) is 5.91 Å². The van der Waals surface area contributed by atoms with Crippen LogP contribution in [0.1, 0.15) is 32.3 Å². The van der Waals surface area contributed by atoms with Gasteiger partial charge in [-0.3, -0.25) is 9.10 Å². The van der Waals surface area contributed by atoms with Crippen LogP contribution in [0.5, 0.6) is 5.75 Å². The Morgan fingerprint density at radius 1 is 1.21 bits per heavy atom. The van der Waals surface area contributed by atoms with E-state index in [-0.39, 0.29) is 17.6 Å². The Morgan fingerprint density at radius 2 is 2.00 bits per heavy atom. The zero-order chi connectivity index (χ0) is 24.5. The number of aryl methyl sites for hydroxylation is 1. The van der Waals surface area contributed by atoms with Gasteiger partial charge in [0.1, 0.15) is 11.6 Å². The van der Waals surface area contributed by atoms with Gasteiger partial charge in [-0.25, -0.2) is 13.4 Å². The first-order chi connectivity index (χ1) is 16.1. The van der Waals surface area contributed by atoms with Gasteiger partial charge in [0.05, 0.1) is 11.4 Å². The molecule has 1 saturated heterocycles. The summed E-state index contributed by atoms with van der Waals surface area (Å²) in [7, 11) is -3.27. The predicted molar refractivity (Wildman–Crippen MR) is 136 cm³/mol. The van der Waals surface area contributed by atoms with Crippen LogP contribution in [0.15, 0.2) is 48.7 Å². The third kappa shape index (κ3) is 5.09. The van der Waals surface area contributed by atoms with Crippen LogP contribution in [0.3, 0.4) is 0 Å². The van der Waals surface area contributed by atoms with Crippen molar-refractivity contribution in [2.45, 2.75) is 39.7 Å². The van der Waals surface area contributed by atoms with Crippen LogP contribution in [-0.4, -0.2) is 37.7 Å². The Morgan fingerprint density at radius 3 is 2.68 bits per heavy atom. The average molecular weight is 483 g/mol. The van der Waals surface area contributed by atoms with Crippen LogP contribution in [0.25, 0.3) is 10.8 Å². The first-order valence-electron chi connectivity index (χ1n) is 11.4. The lowest BCUT2D eigenvalue weighted by Gasteiger charge is -2.22. The number of nitrogens with two attached hydrogens (primary N) is 1. The molecular formula is C25H30N4O4S. The molecule has 0 bridgehead atoms. The number of pyridine rings is 1. The number of fused-ring (bicyclic) bond motifs is 1. The van der Waals surface area contributed by atoms with Crippen LogP contribution >= 0.6 is 0 Å². The van der Waals surface area contributed by atoms with Gasteiger partial charge in [0.15, 0.2) is 6.10 Å². The summed E-state index contributed by atoms with van der Waals surface area (Å²) >= 11 is 0. The number of nitrogens with one attached hydrogen (secondary N) is 1. The molecule has 8 nitrogen and oxygen atoms in total. The van der Waals surface area contributed by atoms with Gasteiger partial charge in [0, 0.05) is 23.8 Å². The van der Waals surface area contributed by atoms with Gasteiger partial charge in [-0.1, -0.05) is 19.9 Å². The lowest BCUT2D eigenvalue weighted by Crippen LogP contribution is -2.34. The maximum atomic E-state index is 13.2. The second kappa shape index (κ2) is 9.50. The first-order valence-corrected chi connectivity index (χ1v) is 13.0. The van der Waals surface area contributed by atoms with Crippen molar-refractivity contribution >= 4 is 43.9 Å². The van der Waals surface area contributed by atoms with Crippen LogP contribution in [0.2, 0.25) is 0 Å². The summed E-state index contributed by atoms with van der Waals surface area (Å²) < 4.78 is 32.1. The minimum absolute atomic E-state index is 0.162. The Balaban J connectivity index is 1.53. The number of carbonyl (C=O) groups excluding carboxylic acids is 1. The highest BCUT2D eigenvalue weighted by Gasteiger charge is 2.29. The summed E-state index contributed by atoms with van der Waals surface area (Å²) in [6, 6.07) is 12.6. The number of sulfonamides is 1. The van der Waals surface area contributed by atoms with E-state index in [0.717, 1.165) is 16.3 Å². The molecule has 0 radical (unpaired) electrons. The number of rotatable bonds is 7. The molecule has 3 N–H and O–H groups in total. The van der Waals surface area contributed by atoms with Crippen LogP contribution in [0, 0.1) is 12.8 Å². The predicted octanol–water partition coefficient (Wildman–Crippen LogP) is 4.10. The fourth-order valence-electron chi connectivity index (χ4n) is 4.19. The second-order valence-electron chi connectivity index (χ2n) is 9.05. The molecule has 1 atom stereocenters. The number of amides is 1. The normalized spacial score (nSPS) is 16.1. The molecule has 0 saturated carbocycles. The molecule has 1 aliphatic rings. The van der Waals surface area contributed by atoms with Gasteiger partial charge < -0.3 is 15.8 Å². The Kier molecular flexibility index (Phi) is 6.65. The van der Waals surface area contributed by atoms with E-state index >= 15 is 0 Å². The summed E-state index contributed by atoms with van der Waals surface area (Å²) in [5, 5.41) is 4.64. The number of hydrogen-bond acceptors (Lipinski definition) is 6. The Bertz CT molecular complexity index is 1320.